The smallest absolute Gasteiger partial charge is 0.225 e. The summed E-state index contributed by atoms with van der Waals surface area (Å²) in [5.74, 6) is 0.750. The number of hydrogen-bond donors (Lipinski definition) is 1. The SMILES string of the molecule is CN(c1ncc(CO)cn1)C1CC1. The van der Waals surface area contributed by atoms with E-state index in [1.807, 2.05) is 7.05 Å². The summed E-state index contributed by atoms with van der Waals surface area (Å²) in [6.07, 6.45) is 5.81. The maximum absolute atomic E-state index is 8.80. The van der Waals surface area contributed by atoms with Gasteiger partial charge in [-0.25, -0.2) is 9.97 Å². The van der Waals surface area contributed by atoms with Crippen LogP contribution in [0, 0.1) is 0 Å². The fraction of sp³-hybridized carbons (Fsp3) is 0.556. The molecule has 1 N–H and O–H groups in total. The number of anilines is 1. The molecule has 0 aliphatic heterocycles. The Morgan fingerprint density at radius 1 is 1.46 bits per heavy atom. The van der Waals surface area contributed by atoms with Crippen LogP contribution in [0.1, 0.15) is 18.4 Å². The van der Waals surface area contributed by atoms with Gasteiger partial charge < -0.3 is 10.0 Å². The lowest BCUT2D eigenvalue weighted by Gasteiger charge is -2.15. The first-order valence-electron chi connectivity index (χ1n) is 4.46. The highest BCUT2D eigenvalue weighted by molar-refractivity contribution is 5.32. The van der Waals surface area contributed by atoms with Crippen LogP contribution in [0.4, 0.5) is 5.95 Å². The van der Waals surface area contributed by atoms with Crippen molar-refractivity contribution in [1.29, 1.82) is 0 Å². The molecular weight excluding hydrogens is 166 g/mol. The van der Waals surface area contributed by atoms with E-state index in [1.165, 1.54) is 12.8 Å². The highest BCUT2D eigenvalue weighted by atomic mass is 16.3. The van der Waals surface area contributed by atoms with Crippen molar-refractivity contribution in [3.63, 3.8) is 0 Å². The van der Waals surface area contributed by atoms with Gasteiger partial charge in [-0.15, -0.1) is 0 Å². The molecule has 0 bridgehead atoms. The average Bonchev–Trinajstić information content (AvgIpc) is 3.00. The summed E-state index contributed by atoms with van der Waals surface area (Å²) in [5, 5.41) is 8.80. The molecule has 1 fully saturated rings. The molecular formula is C9H13N3O. The van der Waals surface area contributed by atoms with Crippen LogP contribution in [0.2, 0.25) is 0 Å². The van der Waals surface area contributed by atoms with Crippen LogP contribution in [0.3, 0.4) is 0 Å². The Hall–Kier alpha value is -1.16. The van der Waals surface area contributed by atoms with Crippen molar-refractivity contribution < 1.29 is 5.11 Å². The molecule has 0 aromatic carbocycles. The van der Waals surface area contributed by atoms with Crippen LogP contribution in [-0.4, -0.2) is 28.2 Å². The Morgan fingerprint density at radius 2 is 2.08 bits per heavy atom. The fourth-order valence-corrected chi connectivity index (χ4v) is 1.24. The predicted octanol–water partition coefficient (Wildman–Crippen LogP) is 0.567. The summed E-state index contributed by atoms with van der Waals surface area (Å²) in [7, 11) is 2.01. The molecule has 0 spiro atoms. The fourth-order valence-electron chi connectivity index (χ4n) is 1.24. The molecule has 0 atom stereocenters. The third kappa shape index (κ3) is 1.78. The lowest BCUT2D eigenvalue weighted by atomic mass is 10.4. The minimum Gasteiger partial charge on any atom is -0.392 e. The maximum atomic E-state index is 8.80. The van der Waals surface area contributed by atoms with E-state index in [2.05, 4.69) is 14.9 Å². The van der Waals surface area contributed by atoms with Gasteiger partial charge >= 0.3 is 0 Å². The molecule has 0 saturated heterocycles. The van der Waals surface area contributed by atoms with Crippen molar-refractivity contribution in [2.45, 2.75) is 25.5 Å². The molecule has 1 saturated carbocycles. The number of rotatable bonds is 3. The molecule has 1 aliphatic carbocycles. The summed E-state index contributed by atoms with van der Waals surface area (Å²) in [4.78, 5) is 10.4. The number of aliphatic hydroxyl groups excluding tert-OH is 1. The summed E-state index contributed by atoms with van der Waals surface area (Å²) in [5.41, 5.74) is 0.757. The molecule has 70 valence electrons. The average molecular weight is 179 g/mol. The topological polar surface area (TPSA) is 49.2 Å². The second-order valence-corrected chi connectivity index (χ2v) is 3.39. The molecule has 13 heavy (non-hydrogen) atoms. The monoisotopic (exact) mass is 179 g/mol. The summed E-state index contributed by atoms with van der Waals surface area (Å²) in [6.45, 7) is 0.00736. The van der Waals surface area contributed by atoms with Gasteiger partial charge in [0.15, 0.2) is 0 Å². The minimum absolute atomic E-state index is 0.00736. The van der Waals surface area contributed by atoms with Gasteiger partial charge in [-0.2, -0.15) is 0 Å². The van der Waals surface area contributed by atoms with Crippen molar-refractivity contribution in [3.05, 3.63) is 18.0 Å². The van der Waals surface area contributed by atoms with E-state index < -0.39 is 0 Å². The quantitative estimate of drug-likeness (QED) is 0.737. The Kier molecular flexibility index (Phi) is 2.14. The second kappa shape index (κ2) is 3.30. The van der Waals surface area contributed by atoms with Crippen LogP contribution in [0.25, 0.3) is 0 Å². The van der Waals surface area contributed by atoms with Crippen LogP contribution in [0.15, 0.2) is 12.4 Å². The number of hydrogen-bond acceptors (Lipinski definition) is 4. The summed E-state index contributed by atoms with van der Waals surface area (Å²) in [6, 6.07) is 0.625. The van der Waals surface area contributed by atoms with Gasteiger partial charge in [-0.05, 0) is 12.8 Å². The van der Waals surface area contributed by atoms with E-state index in [0.717, 1.165) is 11.5 Å². The zero-order chi connectivity index (χ0) is 9.26. The molecule has 2 rings (SSSR count). The third-order valence-corrected chi connectivity index (χ3v) is 2.28. The van der Waals surface area contributed by atoms with Crippen LogP contribution >= 0.6 is 0 Å². The Morgan fingerprint density at radius 3 is 2.54 bits per heavy atom. The molecule has 4 nitrogen and oxygen atoms in total. The van der Waals surface area contributed by atoms with Gasteiger partial charge in [0, 0.05) is 31.0 Å². The standard InChI is InChI=1S/C9H13N3O/c1-12(8-2-3-8)9-10-4-7(6-13)5-11-9/h4-5,8,13H,2-3,6H2,1H3. The predicted molar refractivity (Wildman–Crippen MR) is 49.4 cm³/mol. The van der Waals surface area contributed by atoms with Gasteiger partial charge in [0.05, 0.1) is 6.61 Å². The molecule has 0 radical (unpaired) electrons. The lowest BCUT2D eigenvalue weighted by Crippen LogP contribution is -2.21. The number of aliphatic hydroxyl groups is 1. The van der Waals surface area contributed by atoms with Gasteiger partial charge in [-0.1, -0.05) is 0 Å². The first kappa shape index (κ1) is 8.44. The van der Waals surface area contributed by atoms with Crippen LogP contribution in [0.5, 0.6) is 0 Å². The first-order valence-corrected chi connectivity index (χ1v) is 4.46. The van der Waals surface area contributed by atoms with Crippen molar-refractivity contribution in [1.82, 2.24) is 9.97 Å². The molecule has 4 heteroatoms. The molecule has 0 amide bonds. The Balaban J connectivity index is 2.11. The largest absolute Gasteiger partial charge is 0.392 e. The van der Waals surface area contributed by atoms with E-state index in [0.29, 0.717) is 6.04 Å². The maximum Gasteiger partial charge on any atom is 0.225 e. The molecule has 1 aromatic rings. The zero-order valence-corrected chi connectivity index (χ0v) is 7.64. The van der Waals surface area contributed by atoms with Crippen LogP contribution in [-0.2, 0) is 6.61 Å². The zero-order valence-electron chi connectivity index (χ0n) is 7.64. The van der Waals surface area contributed by atoms with E-state index in [9.17, 15) is 0 Å². The van der Waals surface area contributed by atoms with Crippen LogP contribution < -0.4 is 4.90 Å². The van der Waals surface area contributed by atoms with E-state index in [1.54, 1.807) is 12.4 Å². The van der Waals surface area contributed by atoms with E-state index in [4.69, 9.17) is 5.11 Å². The second-order valence-electron chi connectivity index (χ2n) is 3.39. The highest BCUT2D eigenvalue weighted by Crippen LogP contribution is 2.27. The van der Waals surface area contributed by atoms with Crippen molar-refractivity contribution in [2.75, 3.05) is 11.9 Å². The number of aromatic nitrogens is 2. The van der Waals surface area contributed by atoms with Crippen molar-refractivity contribution in [2.24, 2.45) is 0 Å². The molecule has 1 aliphatic rings. The number of nitrogens with zero attached hydrogens (tertiary/aromatic N) is 3. The summed E-state index contributed by atoms with van der Waals surface area (Å²) < 4.78 is 0. The van der Waals surface area contributed by atoms with Gasteiger partial charge in [-0.3, -0.25) is 0 Å². The lowest BCUT2D eigenvalue weighted by molar-refractivity contribution is 0.281. The van der Waals surface area contributed by atoms with Crippen molar-refractivity contribution in [3.8, 4) is 0 Å². The van der Waals surface area contributed by atoms with E-state index in [-0.39, 0.29) is 6.61 Å². The normalized spacial score (nSPS) is 15.8. The molecule has 0 unspecified atom stereocenters. The Bertz CT molecular complexity index is 281. The van der Waals surface area contributed by atoms with Gasteiger partial charge in [0.1, 0.15) is 0 Å². The highest BCUT2D eigenvalue weighted by Gasteiger charge is 2.27. The van der Waals surface area contributed by atoms with E-state index >= 15 is 0 Å². The summed E-state index contributed by atoms with van der Waals surface area (Å²) >= 11 is 0. The minimum atomic E-state index is 0.00736. The Labute approximate surface area is 77.2 Å². The first-order chi connectivity index (χ1) is 6.31. The van der Waals surface area contributed by atoms with Gasteiger partial charge in [0.2, 0.25) is 5.95 Å². The molecule has 1 aromatic heterocycles. The van der Waals surface area contributed by atoms with Crippen molar-refractivity contribution >= 4 is 5.95 Å². The van der Waals surface area contributed by atoms with Gasteiger partial charge in [0.25, 0.3) is 0 Å². The third-order valence-electron chi connectivity index (χ3n) is 2.28. The molecule has 1 heterocycles.